The van der Waals surface area contributed by atoms with Gasteiger partial charge in [0, 0.05) is 19.4 Å². The standard InChI is InChI=1S/C17H21FN4O2S/c1-3-16-21-22-17(25-16)20-15(24)9-8-14(23)19-10-11(2)12-4-6-13(18)7-5-12/h4-7,11H,3,8-10H2,1-2H3,(H,19,23)(H,20,22,24). The molecule has 8 heteroatoms. The SMILES string of the molecule is CCc1nnc(NC(=O)CCC(=O)NCC(C)c2ccc(F)cc2)s1. The Morgan fingerprint density at radius 1 is 1.16 bits per heavy atom. The van der Waals surface area contributed by atoms with Crippen molar-refractivity contribution in [3.63, 3.8) is 0 Å². The van der Waals surface area contributed by atoms with E-state index in [4.69, 9.17) is 0 Å². The lowest BCUT2D eigenvalue weighted by molar-refractivity contribution is -0.124. The van der Waals surface area contributed by atoms with E-state index in [1.807, 2.05) is 13.8 Å². The summed E-state index contributed by atoms with van der Waals surface area (Å²) in [6.45, 7) is 4.34. The number of carbonyl (C=O) groups excluding carboxylic acids is 2. The molecule has 2 N–H and O–H groups in total. The summed E-state index contributed by atoms with van der Waals surface area (Å²) < 4.78 is 12.9. The second-order valence-electron chi connectivity index (χ2n) is 5.66. The summed E-state index contributed by atoms with van der Waals surface area (Å²) in [6.07, 6.45) is 0.946. The van der Waals surface area contributed by atoms with Gasteiger partial charge < -0.3 is 10.6 Å². The summed E-state index contributed by atoms with van der Waals surface area (Å²) in [7, 11) is 0. The number of nitrogens with zero attached hydrogens (tertiary/aromatic N) is 2. The number of aromatic nitrogens is 2. The number of aryl methyl sites for hydroxylation is 1. The van der Waals surface area contributed by atoms with Gasteiger partial charge in [-0.15, -0.1) is 10.2 Å². The molecule has 0 aliphatic rings. The Bertz CT molecular complexity index is 718. The maximum atomic E-state index is 12.9. The van der Waals surface area contributed by atoms with Gasteiger partial charge >= 0.3 is 0 Å². The van der Waals surface area contributed by atoms with Gasteiger partial charge in [0.2, 0.25) is 16.9 Å². The van der Waals surface area contributed by atoms with E-state index in [0.717, 1.165) is 17.0 Å². The average Bonchev–Trinajstić information content (AvgIpc) is 3.06. The molecule has 0 aliphatic heterocycles. The molecule has 1 aromatic carbocycles. The first-order chi connectivity index (χ1) is 12.0. The quantitative estimate of drug-likeness (QED) is 0.754. The Kier molecular flexibility index (Phi) is 7.00. The zero-order valence-corrected chi connectivity index (χ0v) is 15.0. The Morgan fingerprint density at radius 3 is 2.48 bits per heavy atom. The summed E-state index contributed by atoms with van der Waals surface area (Å²) in [6, 6.07) is 6.20. The largest absolute Gasteiger partial charge is 0.355 e. The fourth-order valence-corrected chi connectivity index (χ4v) is 2.82. The number of hydrogen-bond donors (Lipinski definition) is 2. The van der Waals surface area contributed by atoms with Crippen LogP contribution in [0.15, 0.2) is 24.3 Å². The normalized spacial score (nSPS) is 11.8. The number of benzene rings is 1. The van der Waals surface area contributed by atoms with Crippen LogP contribution < -0.4 is 10.6 Å². The summed E-state index contributed by atoms with van der Waals surface area (Å²) in [5.41, 5.74) is 0.947. The van der Waals surface area contributed by atoms with Crippen LogP contribution >= 0.6 is 11.3 Å². The van der Waals surface area contributed by atoms with Crippen LogP contribution in [-0.2, 0) is 16.0 Å². The number of nitrogens with one attached hydrogen (secondary N) is 2. The molecule has 0 fully saturated rings. The van der Waals surface area contributed by atoms with E-state index in [0.29, 0.717) is 11.7 Å². The molecule has 25 heavy (non-hydrogen) atoms. The first kappa shape index (κ1) is 19.0. The van der Waals surface area contributed by atoms with E-state index in [-0.39, 0.29) is 36.4 Å². The van der Waals surface area contributed by atoms with Crippen molar-refractivity contribution >= 4 is 28.3 Å². The minimum Gasteiger partial charge on any atom is -0.355 e. The third-order valence-corrected chi connectivity index (χ3v) is 4.62. The summed E-state index contributed by atoms with van der Waals surface area (Å²) in [4.78, 5) is 23.7. The van der Waals surface area contributed by atoms with Crippen molar-refractivity contribution in [2.45, 2.75) is 39.0 Å². The Labute approximate surface area is 149 Å². The number of hydrogen-bond acceptors (Lipinski definition) is 5. The summed E-state index contributed by atoms with van der Waals surface area (Å²) in [5, 5.41) is 14.5. The molecule has 0 saturated carbocycles. The van der Waals surface area contributed by atoms with Crippen LogP contribution in [-0.4, -0.2) is 28.6 Å². The monoisotopic (exact) mass is 364 g/mol. The zero-order valence-electron chi connectivity index (χ0n) is 14.2. The van der Waals surface area contributed by atoms with Crippen molar-refractivity contribution in [3.05, 3.63) is 40.7 Å². The number of amides is 2. The molecule has 1 aromatic heterocycles. The predicted molar refractivity (Wildman–Crippen MR) is 95.0 cm³/mol. The lowest BCUT2D eigenvalue weighted by atomic mass is 10.0. The van der Waals surface area contributed by atoms with E-state index in [1.54, 1.807) is 12.1 Å². The maximum Gasteiger partial charge on any atom is 0.226 e. The van der Waals surface area contributed by atoms with Crippen molar-refractivity contribution in [2.24, 2.45) is 0 Å². The third-order valence-electron chi connectivity index (χ3n) is 3.64. The molecule has 134 valence electrons. The fraction of sp³-hybridized carbons (Fsp3) is 0.412. The minimum atomic E-state index is -0.285. The highest BCUT2D eigenvalue weighted by molar-refractivity contribution is 7.15. The number of rotatable bonds is 8. The molecular weight excluding hydrogens is 343 g/mol. The molecule has 0 spiro atoms. The Hall–Kier alpha value is -2.35. The van der Waals surface area contributed by atoms with Crippen molar-refractivity contribution in [1.82, 2.24) is 15.5 Å². The Morgan fingerprint density at radius 2 is 1.84 bits per heavy atom. The summed E-state index contributed by atoms with van der Waals surface area (Å²) in [5.74, 6) is -0.684. The third kappa shape index (κ3) is 6.22. The minimum absolute atomic E-state index is 0.0623. The highest BCUT2D eigenvalue weighted by Gasteiger charge is 2.11. The average molecular weight is 364 g/mol. The molecule has 0 radical (unpaired) electrons. The second-order valence-corrected chi connectivity index (χ2v) is 6.72. The summed E-state index contributed by atoms with van der Waals surface area (Å²) >= 11 is 1.33. The zero-order chi connectivity index (χ0) is 18.2. The van der Waals surface area contributed by atoms with Gasteiger partial charge in [0.25, 0.3) is 0 Å². The number of anilines is 1. The van der Waals surface area contributed by atoms with Crippen LogP contribution in [0.1, 0.15) is 43.2 Å². The molecule has 1 atom stereocenters. The molecule has 1 heterocycles. The van der Waals surface area contributed by atoms with Crippen molar-refractivity contribution in [3.8, 4) is 0 Å². The molecule has 2 aromatic rings. The van der Waals surface area contributed by atoms with Gasteiger partial charge in [-0.1, -0.05) is 37.3 Å². The molecule has 6 nitrogen and oxygen atoms in total. The highest BCUT2D eigenvalue weighted by Crippen LogP contribution is 2.16. The van der Waals surface area contributed by atoms with Gasteiger partial charge in [0.15, 0.2) is 0 Å². The lowest BCUT2D eigenvalue weighted by Crippen LogP contribution is -2.28. The smallest absolute Gasteiger partial charge is 0.226 e. The molecule has 0 bridgehead atoms. The predicted octanol–water partition coefficient (Wildman–Crippen LogP) is 2.88. The van der Waals surface area contributed by atoms with Crippen molar-refractivity contribution in [1.29, 1.82) is 0 Å². The van der Waals surface area contributed by atoms with Crippen LogP contribution in [0.5, 0.6) is 0 Å². The highest BCUT2D eigenvalue weighted by atomic mass is 32.1. The fourth-order valence-electron chi connectivity index (χ4n) is 2.12. The van der Waals surface area contributed by atoms with E-state index in [2.05, 4.69) is 20.8 Å². The maximum absolute atomic E-state index is 12.9. The van der Waals surface area contributed by atoms with Crippen LogP contribution in [0.2, 0.25) is 0 Å². The van der Waals surface area contributed by atoms with Crippen LogP contribution in [0.4, 0.5) is 9.52 Å². The molecule has 1 unspecified atom stereocenters. The second kappa shape index (κ2) is 9.22. The van der Waals surface area contributed by atoms with E-state index in [9.17, 15) is 14.0 Å². The molecule has 0 aliphatic carbocycles. The number of carbonyl (C=O) groups is 2. The topological polar surface area (TPSA) is 84.0 Å². The molecule has 2 rings (SSSR count). The van der Waals surface area contributed by atoms with Crippen LogP contribution in [0.3, 0.4) is 0 Å². The lowest BCUT2D eigenvalue weighted by Gasteiger charge is -2.13. The van der Waals surface area contributed by atoms with Gasteiger partial charge in [-0.25, -0.2) is 4.39 Å². The van der Waals surface area contributed by atoms with Gasteiger partial charge in [0.05, 0.1) is 0 Å². The van der Waals surface area contributed by atoms with Crippen molar-refractivity contribution < 1.29 is 14.0 Å². The number of halogens is 1. The van der Waals surface area contributed by atoms with Crippen molar-refractivity contribution in [2.75, 3.05) is 11.9 Å². The van der Waals surface area contributed by atoms with Gasteiger partial charge in [0.1, 0.15) is 10.8 Å². The molecule has 2 amide bonds. The van der Waals surface area contributed by atoms with E-state index in [1.165, 1.54) is 23.5 Å². The first-order valence-electron chi connectivity index (χ1n) is 8.12. The van der Waals surface area contributed by atoms with Gasteiger partial charge in [-0.2, -0.15) is 0 Å². The van der Waals surface area contributed by atoms with Gasteiger partial charge in [-0.3, -0.25) is 9.59 Å². The van der Waals surface area contributed by atoms with E-state index < -0.39 is 0 Å². The molecular formula is C17H21FN4O2S. The first-order valence-corrected chi connectivity index (χ1v) is 8.94. The van der Waals surface area contributed by atoms with Crippen LogP contribution in [0, 0.1) is 5.82 Å². The Balaban J connectivity index is 1.69. The van der Waals surface area contributed by atoms with E-state index >= 15 is 0 Å². The molecule has 0 saturated heterocycles. The van der Waals surface area contributed by atoms with Crippen LogP contribution in [0.25, 0.3) is 0 Å². The van der Waals surface area contributed by atoms with Gasteiger partial charge in [-0.05, 0) is 30.0 Å².